The Morgan fingerprint density at radius 2 is 2.23 bits per heavy atom. The van der Waals surface area contributed by atoms with Gasteiger partial charge < -0.3 is 20.7 Å². The van der Waals surface area contributed by atoms with Gasteiger partial charge in [-0.25, -0.2) is 4.79 Å². The Kier molecular flexibility index (Phi) is 5.60. The Labute approximate surface area is 160 Å². The summed E-state index contributed by atoms with van der Waals surface area (Å²) in [5.41, 5.74) is 0. The second-order valence-electron chi connectivity index (χ2n) is 6.86. The highest BCUT2D eigenvalue weighted by molar-refractivity contribution is 8.00. The number of aromatic nitrogens is 2. The summed E-state index contributed by atoms with van der Waals surface area (Å²) >= 11 is 3.31. The third-order valence-electron chi connectivity index (χ3n) is 4.97. The number of urea groups is 1. The van der Waals surface area contributed by atoms with Crippen LogP contribution in [-0.4, -0.2) is 51.8 Å². The van der Waals surface area contributed by atoms with E-state index in [1.165, 1.54) is 11.3 Å². The zero-order valence-corrected chi connectivity index (χ0v) is 16.0. The van der Waals surface area contributed by atoms with Crippen molar-refractivity contribution in [3.8, 4) is 0 Å². The molecule has 0 saturated carbocycles. The SMILES string of the molecule is O=C(CCCC[C@H]1SC[C@@H]2NC(=O)N[C@H]21)Nc1nnc([C@H]2CCCO2)s1. The number of anilines is 1. The molecule has 26 heavy (non-hydrogen) atoms. The van der Waals surface area contributed by atoms with Crippen LogP contribution in [0.5, 0.6) is 0 Å². The fourth-order valence-electron chi connectivity index (χ4n) is 3.64. The maximum atomic E-state index is 12.1. The second kappa shape index (κ2) is 8.10. The van der Waals surface area contributed by atoms with E-state index in [2.05, 4.69) is 26.1 Å². The highest BCUT2D eigenvalue weighted by Crippen LogP contribution is 2.33. The first-order valence-corrected chi connectivity index (χ1v) is 11.0. The first-order valence-electron chi connectivity index (χ1n) is 9.12. The van der Waals surface area contributed by atoms with Crippen LogP contribution in [0.2, 0.25) is 0 Å². The number of carbonyl (C=O) groups is 2. The summed E-state index contributed by atoms with van der Waals surface area (Å²) in [7, 11) is 0. The molecule has 4 rings (SSSR count). The normalized spacial score (nSPS) is 30.1. The van der Waals surface area contributed by atoms with Crippen molar-refractivity contribution >= 4 is 40.2 Å². The minimum absolute atomic E-state index is 0.0205. The molecule has 0 bridgehead atoms. The molecular weight excluding hydrogens is 374 g/mol. The number of rotatable bonds is 7. The number of amides is 3. The van der Waals surface area contributed by atoms with E-state index in [0.29, 0.717) is 16.8 Å². The number of ether oxygens (including phenoxy) is 1. The molecule has 10 heteroatoms. The number of nitrogens with one attached hydrogen (secondary N) is 3. The smallest absolute Gasteiger partial charge is 0.315 e. The van der Waals surface area contributed by atoms with Gasteiger partial charge in [0.2, 0.25) is 11.0 Å². The van der Waals surface area contributed by atoms with E-state index in [9.17, 15) is 9.59 Å². The monoisotopic (exact) mass is 397 g/mol. The van der Waals surface area contributed by atoms with Crippen molar-refractivity contribution in [3.63, 3.8) is 0 Å². The number of hydrogen-bond acceptors (Lipinski definition) is 7. The topological polar surface area (TPSA) is 105 Å². The molecule has 3 aliphatic heterocycles. The van der Waals surface area contributed by atoms with E-state index in [0.717, 1.165) is 49.5 Å². The molecule has 0 spiro atoms. The Balaban J connectivity index is 1.15. The molecule has 4 atom stereocenters. The summed E-state index contributed by atoms with van der Waals surface area (Å²) in [5, 5.41) is 18.8. The summed E-state index contributed by atoms with van der Waals surface area (Å²) in [5.74, 6) is 0.950. The molecule has 3 N–H and O–H groups in total. The maximum absolute atomic E-state index is 12.1. The standard InChI is InChI=1S/C16H23N5O3S2/c22-12(18-16-21-20-14(26-16)10-4-3-7-24-10)6-2-1-5-11-13-9(8-25-11)17-15(23)19-13/h9-11,13H,1-8H2,(H2,17,19,23)(H,18,21,22)/t9-,10+,11+,13+/m0/s1. The molecule has 4 heterocycles. The Morgan fingerprint density at radius 3 is 3.08 bits per heavy atom. The minimum atomic E-state index is -0.0518. The third-order valence-corrected chi connectivity index (χ3v) is 7.41. The third kappa shape index (κ3) is 4.12. The van der Waals surface area contributed by atoms with Gasteiger partial charge in [0.15, 0.2) is 0 Å². The highest BCUT2D eigenvalue weighted by atomic mass is 32.2. The van der Waals surface area contributed by atoms with Crippen LogP contribution in [0.4, 0.5) is 9.93 Å². The van der Waals surface area contributed by atoms with Gasteiger partial charge in [-0.3, -0.25) is 4.79 Å². The first kappa shape index (κ1) is 18.0. The molecule has 8 nitrogen and oxygen atoms in total. The van der Waals surface area contributed by atoms with Gasteiger partial charge in [-0.1, -0.05) is 17.8 Å². The lowest BCUT2D eigenvalue weighted by Crippen LogP contribution is -2.36. The van der Waals surface area contributed by atoms with Gasteiger partial charge in [0, 0.05) is 24.0 Å². The lowest BCUT2D eigenvalue weighted by Gasteiger charge is -2.16. The maximum Gasteiger partial charge on any atom is 0.315 e. The van der Waals surface area contributed by atoms with Crippen molar-refractivity contribution in [2.75, 3.05) is 17.7 Å². The summed E-state index contributed by atoms with van der Waals surface area (Å²) in [6, 6.07) is 0.444. The van der Waals surface area contributed by atoms with E-state index in [4.69, 9.17) is 4.74 Å². The molecule has 0 aromatic carbocycles. The highest BCUT2D eigenvalue weighted by Gasteiger charge is 2.42. The molecule has 0 unspecified atom stereocenters. The molecule has 3 amide bonds. The van der Waals surface area contributed by atoms with E-state index >= 15 is 0 Å². The average Bonchev–Trinajstić information content (AvgIpc) is 3.36. The van der Waals surface area contributed by atoms with Crippen LogP contribution in [-0.2, 0) is 9.53 Å². The van der Waals surface area contributed by atoms with E-state index in [1.54, 1.807) is 0 Å². The van der Waals surface area contributed by atoms with Crippen molar-refractivity contribution in [2.45, 2.75) is 62.0 Å². The molecule has 3 aliphatic rings. The van der Waals surface area contributed by atoms with Gasteiger partial charge in [-0.05, 0) is 25.7 Å². The molecule has 1 aromatic heterocycles. The lowest BCUT2D eigenvalue weighted by atomic mass is 10.0. The van der Waals surface area contributed by atoms with Crippen LogP contribution in [0.15, 0.2) is 0 Å². The summed E-state index contributed by atoms with van der Waals surface area (Å²) in [4.78, 5) is 23.5. The minimum Gasteiger partial charge on any atom is -0.371 e. The van der Waals surface area contributed by atoms with Gasteiger partial charge in [0.05, 0.1) is 12.1 Å². The molecule has 0 radical (unpaired) electrons. The van der Waals surface area contributed by atoms with Crippen LogP contribution in [0.25, 0.3) is 0 Å². The quantitative estimate of drug-likeness (QED) is 0.480. The molecular formula is C16H23N5O3S2. The summed E-state index contributed by atoms with van der Waals surface area (Å²) in [6.45, 7) is 0.770. The fraction of sp³-hybridized carbons (Fsp3) is 0.750. The van der Waals surface area contributed by atoms with Gasteiger partial charge in [0.25, 0.3) is 0 Å². The Hall–Kier alpha value is -1.39. The number of fused-ring (bicyclic) bond motifs is 1. The largest absolute Gasteiger partial charge is 0.371 e. The van der Waals surface area contributed by atoms with Crippen LogP contribution in [0.1, 0.15) is 49.6 Å². The average molecular weight is 398 g/mol. The number of unbranched alkanes of at least 4 members (excludes halogenated alkanes) is 1. The van der Waals surface area contributed by atoms with E-state index in [1.807, 2.05) is 11.8 Å². The number of thioether (sulfide) groups is 1. The van der Waals surface area contributed by atoms with Gasteiger partial charge in [-0.2, -0.15) is 11.8 Å². The Bertz CT molecular complexity index is 664. The number of hydrogen-bond donors (Lipinski definition) is 3. The molecule has 142 valence electrons. The Morgan fingerprint density at radius 1 is 1.31 bits per heavy atom. The van der Waals surface area contributed by atoms with Crippen LogP contribution in [0, 0.1) is 0 Å². The first-order chi connectivity index (χ1) is 12.7. The van der Waals surface area contributed by atoms with Crippen molar-refractivity contribution in [1.29, 1.82) is 0 Å². The van der Waals surface area contributed by atoms with Crippen LogP contribution in [0.3, 0.4) is 0 Å². The van der Waals surface area contributed by atoms with Crippen molar-refractivity contribution in [2.24, 2.45) is 0 Å². The van der Waals surface area contributed by atoms with E-state index < -0.39 is 0 Å². The number of carbonyl (C=O) groups excluding carboxylic acids is 2. The zero-order chi connectivity index (χ0) is 17.9. The fourth-order valence-corrected chi connectivity index (χ4v) is 6.03. The van der Waals surface area contributed by atoms with Gasteiger partial charge in [0.1, 0.15) is 11.1 Å². The second-order valence-corrected chi connectivity index (χ2v) is 9.14. The predicted octanol–water partition coefficient (Wildman–Crippen LogP) is 2.05. The van der Waals surface area contributed by atoms with Gasteiger partial charge >= 0.3 is 6.03 Å². The number of nitrogens with zero attached hydrogens (tertiary/aromatic N) is 2. The van der Waals surface area contributed by atoms with Crippen LogP contribution >= 0.6 is 23.1 Å². The zero-order valence-electron chi connectivity index (χ0n) is 14.4. The summed E-state index contributed by atoms with van der Waals surface area (Å²) < 4.78 is 5.58. The van der Waals surface area contributed by atoms with Crippen molar-refractivity contribution in [3.05, 3.63) is 5.01 Å². The molecule has 3 fully saturated rings. The van der Waals surface area contributed by atoms with Crippen molar-refractivity contribution < 1.29 is 14.3 Å². The van der Waals surface area contributed by atoms with E-state index in [-0.39, 0.29) is 30.1 Å². The molecule has 1 aromatic rings. The molecule has 0 aliphatic carbocycles. The van der Waals surface area contributed by atoms with Gasteiger partial charge in [-0.15, -0.1) is 10.2 Å². The van der Waals surface area contributed by atoms with Crippen LogP contribution < -0.4 is 16.0 Å². The predicted molar refractivity (Wildman–Crippen MR) is 100 cm³/mol. The molecule has 3 saturated heterocycles. The summed E-state index contributed by atoms with van der Waals surface area (Å²) in [6.07, 6.45) is 5.36. The van der Waals surface area contributed by atoms with Crippen molar-refractivity contribution in [1.82, 2.24) is 20.8 Å². The lowest BCUT2D eigenvalue weighted by molar-refractivity contribution is -0.116.